The number of nitrogens with one attached hydrogen (secondary N) is 2. The zero-order chi connectivity index (χ0) is 23.1. The van der Waals surface area contributed by atoms with Crippen LogP contribution in [0, 0.1) is 6.92 Å². The number of ether oxygens (including phenoxy) is 1. The topological polar surface area (TPSA) is 68.2 Å². The average Bonchev–Trinajstić information content (AvgIpc) is 3.17. The molecule has 1 aromatic heterocycles. The van der Waals surface area contributed by atoms with Gasteiger partial charge in [-0.25, -0.2) is 9.48 Å². The molecule has 0 unspecified atom stereocenters. The smallest absolute Gasteiger partial charge is 0.324 e. The van der Waals surface area contributed by atoms with Gasteiger partial charge in [0.2, 0.25) is 0 Å². The molecule has 0 saturated heterocycles. The monoisotopic (exact) mass is 430 g/mol. The van der Waals surface area contributed by atoms with Crippen LogP contribution in [-0.2, 0) is 5.41 Å². The minimum Gasteiger partial charge on any atom is -0.497 e. The number of carbonyl (C=O) groups is 1. The Hall–Kier alpha value is -3.80. The maximum absolute atomic E-state index is 12.8. The second-order valence-electron chi connectivity index (χ2n) is 8.49. The van der Waals surface area contributed by atoms with E-state index >= 15 is 0 Å². The highest BCUT2D eigenvalue weighted by Gasteiger charge is 2.21. The predicted octanol–water partition coefficient (Wildman–Crippen LogP) is 6.26. The van der Waals surface area contributed by atoms with Gasteiger partial charge in [-0.15, -0.1) is 0 Å². The number of nitrogens with zero attached hydrogens (tertiary/aromatic N) is 2. The molecule has 0 aliphatic heterocycles. The van der Waals surface area contributed by atoms with Gasteiger partial charge in [0, 0.05) is 23.2 Å². The number of hydrogen-bond acceptors (Lipinski definition) is 3. The molecule has 0 radical (unpaired) electrons. The van der Waals surface area contributed by atoms with Gasteiger partial charge in [-0.1, -0.05) is 68.8 Å². The number of amides is 2. The molecule has 0 saturated carbocycles. The quantitative estimate of drug-likeness (QED) is 0.514. The Bertz CT molecular complexity index is 1140. The van der Waals surface area contributed by atoms with Gasteiger partial charge in [0.05, 0.1) is 18.5 Å². The van der Waals surface area contributed by atoms with E-state index in [4.69, 9.17) is 9.84 Å². The molecule has 0 aliphatic rings. The van der Waals surface area contributed by atoms with Crippen molar-refractivity contribution >= 4 is 17.5 Å². The van der Waals surface area contributed by atoms with E-state index in [1.165, 1.54) is 0 Å². The van der Waals surface area contributed by atoms with E-state index in [0.717, 1.165) is 16.9 Å². The molecule has 3 rings (SSSR count). The van der Waals surface area contributed by atoms with Crippen molar-refractivity contribution in [2.45, 2.75) is 33.1 Å². The average molecular weight is 431 g/mol. The number of methoxy groups -OCH3 is 1. The first kappa shape index (κ1) is 22.9. The highest BCUT2D eigenvalue weighted by atomic mass is 16.5. The first-order valence-electron chi connectivity index (χ1n) is 10.5. The first-order valence-corrected chi connectivity index (χ1v) is 10.5. The van der Waals surface area contributed by atoms with Crippen molar-refractivity contribution < 1.29 is 9.53 Å². The minimum atomic E-state index is -0.355. The summed E-state index contributed by atoms with van der Waals surface area (Å²) in [6.45, 7) is 8.27. The van der Waals surface area contributed by atoms with Crippen LogP contribution in [0.15, 0.2) is 78.9 Å². The molecule has 0 atom stereocenters. The van der Waals surface area contributed by atoms with Crippen LogP contribution in [0.3, 0.4) is 0 Å². The van der Waals surface area contributed by atoms with Crippen molar-refractivity contribution in [3.05, 3.63) is 90.1 Å². The van der Waals surface area contributed by atoms with E-state index in [2.05, 4.69) is 31.4 Å². The maximum Gasteiger partial charge on any atom is 0.324 e. The largest absolute Gasteiger partial charge is 0.497 e. The van der Waals surface area contributed by atoms with Crippen molar-refractivity contribution in [3.8, 4) is 11.4 Å². The second-order valence-corrected chi connectivity index (χ2v) is 8.49. The predicted molar refractivity (Wildman–Crippen MR) is 130 cm³/mol. The molecule has 6 nitrogen and oxygen atoms in total. The summed E-state index contributed by atoms with van der Waals surface area (Å²) in [6.07, 6.45) is 0. The molecule has 0 spiro atoms. The lowest BCUT2D eigenvalue weighted by molar-refractivity contribution is 0.262. The van der Waals surface area contributed by atoms with Crippen LogP contribution in [0.1, 0.15) is 32.0 Å². The fraction of sp³-hybridized carbons (Fsp3) is 0.231. The Morgan fingerprint density at radius 1 is 0.906 bits per heavy atom. The Morgan fingerprint density at radius 2 is 1.59 bits per heavy atom. The molecule has 2 amide bonds. The van der Waals surface area contributed by atoms with E-state index in [1.54, 1.807) is 11.8 Å². The van der Waals surface area contributed by atoms with E-state index in [1.807, 2.05) is 85.8 Å². The SMILES string of the molecule is COc1cccc(-n2nc(C(C)(C)C)cc2NC(=O)Nc2cccccc(C)ccc2)c1. The van der Waals surface area contributed by atoms with Crippen LogP contribution in [0.2, 0.25) is 0 Å². The van der Waals surface area contributed by atoms with Crippen LogP contribution < -0.4 is 15.4 Å². The molecule has 0 aliphatic carbocycles. The van der Waals surface area contributed by atoms with E-state index in [-0.39, 0.29) is 11.4 Å². The molecular formula is C26H30N4O2. The number of hydrogen-bond donors (Lipinski definition) is 2. The van der Waals surface area contributed by atoms with Gasteiger partial charge >= 0.3 is 6.03 Å². The van der Waals surface area contributed by atoms with Gasteiger partial charge in [0.15, 0.2) is 0 Å². The normalized spacial score (nSPS) is 10.8. The maximum atomic E-state index is 12.8. The molecule has 2 aromatic carbocycles. The van der Waals surface area contributed by atoms with Crippen molar-refractivity contribution in [2.75, 3.05) is 17.7 Å². The highest BCUT2D eigenvalue weighted by Crippen LogP contribution is 2.27. The first-order chi connectivity index (χ1) is 15.3. The number of urea groups is 1. The highest BCUT2D eigenvalue weighted by molar-refractivity contribution is 5.99. The van der Waals surface area contributed by atoms with Gasteiger partial charge in [0.25, 0.3) is 0 Å². The van der Waals surface area contributed by atoms with Gasteiger partial charge in [-0.3, -0.25) is 5.32 Å². The van der Waals surface area contributed by atoms with Gasteiger partial charge in [-0.2, -0.15) is 5.10 Å². The third-order valence-corrected chi connectivity index (χ3v) is 4.77. The molecule has 32 heavy (non-hydrogen) atoms. The summed E-state index contributed by atoms with van der Waals surface area (Å²) >= 11 is 0. The molecule has 3 aromatic rings. The summed E-state index contributed by atoms with van der Waals surface area (Å²) in [5, 5.41) is 10.6. The van der Waals surface area contributed by atoms with E-state index in [0.29, 0.717) is 17.3 Å². The summed E-state index contributed by atoms with van der Waals surface area (Å²) in [7, 11) is 1.62. The van der Waals surface area contributed by atoms with Gasteiger partial charge < -0.3 is 10.1 Å². The van der Waals surface area contributed by atoms with E-state index in [9.17, 15) is 4.79 Å². The van der Waals surface area contributed by atoms with Crippen molar-refractivity contribution in [1.82, 2.24) is 9.78 Å². The Kier molecular flexibility index (Phi) is 7.15. The Balaban J connectivity index is 1.91. The molecule has 0 bridgehead atoms. The lowest BCUT2D eigenvalue weighted by Gasteiger charge is -2.14. The molecule has 6 heteroatoms. The summed E-state index contributed by atoms with van der Waals surface area (Å²) in [4.78, 5) is 12.8. The summed E-state index contributed by atoms with van der Waals surface area (Å²) in [5.41, 5.74) is 3.27. The van der Waals surface area contributed by atoms with Crippen molar-refractivity contribution in [1.29, 1.82) is 0 Å². The lowest BCUT2D eigenvalue weighted by atomic mass is 9.92. The number of aromatic nitrogens is 2. The third-order valence-electron chi connectivity index (χ3n) is 4.77. The van der Waals surface area contributed by atoms with Gasteiger partial charge in [-0.05, 0) is 31.2 Å². The van der Waals surface area contributed by atoms with Crippen LogP contribution >= 0.6 is 0 Å². The van der Waals surface area contributed by atoms with Gasteiger partial charge in [0.1, 0.15) is 11.6 Å². The summed E-state index contributed by atoms with van der Waals surface area (Å²) < 4.78 is 7.07. The molecule has 0 fully saturated rings. The number of anilines is 2. The zero-order valence-electron chi connectivity index (χ0n) is 19.2. The lowest BCUT2D eigenvalue weighted by Crippen LogP contribution is -2.21. The van der Waals surface area contributed by atoms with Crippen LogP contribution in [0.25, 0.3) is 5.69 Å². The fourth-order valence-corrected chi connectivity index (χ4v) is 2.98. The summed E-state index contributed by atoms with van der Waals surface area (Å²) in [6, 6.07) is 24.5. The minimum absolute atomic E-state index is 0.179. The fourth-order valence-electron chi connectivity index (χ4n) is 2.98. The van der Waals surface area contributed by atoms with Crippen LogP contribution in [-0.4, -0.2) is 22.9 Å². The molecular weight excluding hydrogens is 400 g/mol. The van der Waals surface area contributed by atoms with Crippen LogP contribution in [0.5, 0.6) is 5.75 Å². The Labute approximate surface area is 189 Å². The second kappa shape index (κ2) is 10.0. The summed E-state index contributed by atoms with van der Waals surface area (Å²) in [5.74, 6) is 1.28. The number of rotatable bonds is 4. The van der Waals surface area contributed by atoms with Crippen molar-refractivity contribution in [2.24, 2.45) is 0 Å². The van der Waals surface area contributed by atoms with Crippen molar-refractivity contribution in [3.63, 3.8) is 0 Å². The Morgan fingerprint density at radius 3 is 2.34 bits per heavy atom. The number of aryl methyl sites for hydroxylation is 1. The molecule has 1 heterocycles. The number of carbonyl (C=O) groups excluding carboxylic acids is 1. The standard InChI is InChI=1S/C26H30N4O2/c1-19-11-7-6-8-13-20(14-9-12-19)27-25(31)28-24-18-23(26(2,3)4)29-30(24)21-15-10-16-22(17-21)32-5/h6-18H,1-5H3,(H2,27,28,31). The zero-order valence-corrected chi connectivity index (χ0v) is 19.2. The van der Waals surface area contributed by atoms with Crippen LogP contribution in [0.4, 0.5) is 16.3 Å². The molecule has 166 valence electrons. The molecule has 2 N–H and O–H groups in total. The number of benzene rings is 1. The third kappa shape index (κ3) is 6.11. The van der Waals surface area contributed by atoms with E-state index < -0.39 is 0 Å².